The fourth-order valence-electron chi connectivity index (χ4n) is 3.33. The number of H-pyrrole nitrogens is 1. The fourth-order valence-corrected chi connectivity index (χ4v) is 3.82. The van der Waals surface area contributed by atoms with E-state index >= 15 is 0 Å². The molecule has 0 amide bonds. The van der Waals surface area contributed by atoms with Gasteiger partial charge in [0.25, 0.3) is 5.56 Å². The summed E-state index contributed by atoms with van der Waals surface area (Å²) in [5.41, 5.74) is 2.73. The van der Waals surface area contributed by atoms with E-state index in [1.165, 1.54) is 6.21 Å². The van der Waals surface area contributed by atoms with E-state index < -0.39 is 11.2 Å². The molecule has 0 saturated heterocycles. The number of nitrogens with zero attached hydrogens (tertiary/aromatic N) is 3. The summed E-state index contributed by atoms with van der Waals surface area (Å²) in [5, 5.41) is 5.60. The first-order valence-electron chi connectivity index (χ1n) is 8.79. The molecule has 0 aliphatic carbocycles. The monoisotopic (exact) mass is 426 g/mol. The summed E-state index contributed by atoms with van der Waals surface area (Å²) in [6, 6.07) is 14.0. The van der Waals surface area contributed by atoms with Crippen LogP contribution < -0.4 is 11.2 Å². The summed E-state index contributed by atoms with van der Waals surface area (Å²) < 4.78 is 2.79. The molecule has 0 aliphatic heterocycles. The minimum atomic E-state index is -0.598. The van der Waals surface area contributed by atoms with Crippen molar-refractivity contribution >= 4 is 40.3 Å². The van der Waals surface area contributed by atoms with Crippen LogP contribution in [0.5, 0.6) is 0 Å². The Bertz CT molecular complexity index is 1400. The number of nitrogens with one attached hydrogen (secondary N) is 1. The maximum Gasteiger partial charge on any atom is 0.349 e. The van der Waals surface area contributed by atoms with Gasteiger partial charge in [0.2, 0.25) is 0 Å². The Balaban J connectivity index is 1.80. The van der Waals surface area contributed by atoms with Crippen molar-refractivity contribution in [1.29, 1.82) is 0 Å². The number of hydrogen-bond acceptors (Lipinski definition) is 3. The van der Waals surface area contributed by atoms with Crippen molar-refractivity contribution in [1.82, 2.24) is 14.2 Å². The Hall–Kier alpha value is -3.09. The average Bonchev–Trinajstić information content (AvgIpc) is 2.95. The van der Waals surface area contributed by atoms with Crippen molar-refractivity contribution in [2.24, 2.45) is 5.10 Å². The van der Waals surface area contributed by atoms with Crippen LogP contribution in [-0.2, 0) is 0 Å². The van der Waals surface area contributed by atoms with E-state index in [1.54, 1.807) is 36.4 Å². The lowest BCUT2D eigenvalue weighted by Gasteiger charge is -2.11. The van der Waals surface area contributed by atoms with E-state index in [0.717, 1.165) is 27.3 Å². The molecule has 0 atom stereocenters. The first-order chi connectivity index (χ1) is 13.9. The minimum Gasteiger partial charge on any atom is -0.316 e. The predicted octanol–water partition coefficient (Wildman–Crippen LogP) is 4.29. The van der Waals surface area contributed by atoms with E-state index in [9.17, 15) is 9.59 Å². The van der Waals surface area contributed by atoms with Gasteiger partial charge in [-0.05, 0) is 50.2 Å². The lowest BCUT2D eigenvalue weighted by Crippen LogP contribution is -2.32. The predicted molar refractivity (Wildman–Crippen MR) is 117 cm³/mol. The second-order valence-corrected chi connectivity index (χ2v) is 7.44. The number of aromatic nitrogens is 3. The SMILES string of the molecule is Cc1cc(C=Nn2c(=O)[nH]c3ccccc3c2=O)c(C)n1-c1ccc(Cl)cc1Cl. The third kappa shape index (κ3) is 3.41. The van der Waals surface area contributed by atoms with Crippen LogP contribution in [0.25, 0.3) is 16.6 Å². The van der Waals surface area contributed by atoms with Gasteiger partial charge in [-0.25, -0.2) is 4.79 Å². The van der Waals surface area contributed by atoms with Crippen molar-refractivity contribution in [2.45, 2.75) is 13.8 Å². The molecule has 0 radical (unpaired) electrons. The molecule has 0 unspecified atom stereocenters. The molecule has 0 aliphatic rings. The first kappa shape index (κ1) is 19.2. The Morgan fingerprint density at radius 2 is 1.79 bits per heavy atom. The first-order valence-corrected chi connectivity index (χ1v) is 9.55. The number of fused-ring (bicyclic) bond motifs is 1. The van der Waals surface area contributed by atoms with E-state index in [-0.39, 0.29) is 0 Å². The smallest absolute Gasteiger partial charge is 0.316 e. The summed E-state index contributed by atoms with van der Waals surface area (Å²) in [7, 11) is 0. The van der Waals surface area contributed by atoms with Gasteiger partial charge in [0.15, 0.2) is 0 Å². The van der Waals surface area contributed by atoms with Crippen LogP contribution in [0.2, 0.25) is 10.0 Å². The summed E-state index contributed by atoms with van der Waals surface area (Å²) in [5.74, 6) is 0. The fraction of sp³-hybridized carbons (Fsp3) is 0.0952. The standard InChI is InChI=1S/C21H16Cl2N4O2/c1-12-9-14(13(2)26(12)19-8-7-15(22)10-17(19)23)11-24-27-20(28)16-5-3-4-6-18(16)25-21(27)29/h3-11H,1-2H3,(H,25,29). The van der Waals surface area contributed by atoms with E-state index in [2.05, 4.69) is 10.1 Å². The number of rotatable bonds is 3. The van der Waals surface area contributed by atoms with Gasteiger partial charge in [0, 0.05) is 22.0 Å². The molecule has 29 heavy (non-hydrogen) atoms. The lowest BCUT2D eigenvalue weighted by atomic mass is 10.2. The largest absolute Gasteiger partial charge is 0.349 e. The molecule has 0 saturated carbocycles. The van der Waals surface area contributed by atoms with Crippen LogP contribution in [0.15, 0.2) is 63.2 Å². The molecule has 146 valence electrons. The van der Waals surface area contributed by atoms with Gasteiger partial charge in [-0.3, -0.25) is 4.79 Å². The molecule has 1 N–H and O–H groups in total. The third-order valence-corrected chi connectivity index (χ3v) is 5.25. The highest BCUT2D eigenvalue weighted by Crippen LogP contribution is 2.28. The van der Waals surface area contributed by atoms with Gasteiger partial charge < -0.3 is 9.55 Å². The van der Waals surface area contributed by atoms with E-state index in [4.69, 9.17) is 23.2 Å². The van der Waals surface area contributed by atoms with Crippen LogP contribution >= 0.6 is 23.2 Å². The number of aryl methyl sites for hydroxylation is 1. The zero-order valence-corrected chi connectivity index (χ0v) is 17.1. The van der Waals surface area contributed by atoms with Gasteiger partial charge in [-0.15, -0.1) is 4.68 Å². The van der Waals surface area contributed by atoms with Crippen LogP contribution in [0, 0.1) is 13.8 Å². The third-order valence-electron chi connectivity index (χ3n) is 4.72. The molecule has 2 aromatic carbocycles. The second-order valence-electron chi connectivity index (χ2n) is 6.59. The highest BCUT2D eigenvalue weighted by molar-refractivity contribution is 6.35. The highest BCUT2D eigenvalue weighted by atomic mass is 35.5. The average molecular weight is 427 g/mol. The van der Waals surface area contributed by atoms with Gasteiger partial charge in [0.05, 0.1) is 27.8 Å². The Kier molecular flexibility index (Phi) is 4.90. The van der Waals surface area contributed by atoms with Crippen molar-refractivity contribution in [3.63, 3.8) is 0 Å². The minimum absolute atomic E-state index is 0.391. The zero-order valence-electron chi connectivity index (χ0n) is 15.6. The molecule has 4 aromatic rings. The van der Waals surface area contributed by atoms with Crippen LogP contribution in [0.4, 0.5) is 0 Å². The molecule has 0 spiro atoms. The number of para-hydroxylation sites is 1. The summed E-state index contributed by atoms with van der Waals surface area (Å²) in [6.45, 7) is 3.84. The maximum absolute atomic E-state index is 12.6. The number of halogens is 2. The topological polar surface area (TPSA) is 72.2 Å². The second kappa shape index (κ2) is 7.39. The Labute approximate surface area is 175 Å². The number of hydrogen-bond donors (Lipinski definition) is 1. The number of benzene rings is 2. The summed E-state index contributed by atoms with van der Waals surface area (Å²) in [4.78, 5) is 27.6. The van der Waals surface area contributed by atoms with Gasteiger partial charge >= 0.3 is 5.69 Å². The molecule has 0 fully saturated rings. The summed E-state index contributed by atoms with van der Waals surface area (Å²) in [6.07, 6.45) is 1.49. The van der Waals surface area contributed by atoms with Crippen molar-refractivity contribution in [3.05, 3.63) is 96.4 Å². The van der Waals surface area contributed by atoms with Gasteiger partial charge in [0.1, 0.15) is 0 Å². The maximum atomic E-state index is 12.6. The molecule has 2 heterocycles. The van der Waals surface area contributed by atoms with Crippen molar-refractivity contribution < 1.29 is 0 Å². The quantitative estimate of drug-likeness (QED) is 0.496. The highest BCUT2D eigenvalue weighted by Gasteiger charge is 2.13. The molecule has 4 rings (SSSR count). The molecular weight excluding hydrogens is 411 g/mol. The van der Waals surface area contributed by atoms with Crippen LogP contribution in [0.1, 0.15) is 17.0 Å². The summed E-state index contributed by atoms with van der Waals surface area (Å²) >= 11 is 12.4. The van der Waals surface area contributed by atoms with Crippen molar-refractivity contribution in [2.75, 3.05) is 0 Å². The number of aromatic amines is 1. The molecule has 6 nitrogen and oxygen atoms in total. The Morgan fingerprint density at radius 1 is 1.03 bits per heavy atom. The van der Waals surface area contributed by atoms with Crippen LogP contribution in [-0.4, -0.2) is 20.4 Å². The van der Waals surface area contributed by atoms with E-state index in [0.29, 0.717) is 20.9 Å². The lowest BCUT2D eigenvalue weighted by molar-refractivity contribution is 0.771. The van der Waals surface area contributed by atoms with Gasteiger partial charge in [-0.1, -0.05) is 35.3 Å². The molecular formula is C21H16Cl2N4O2. The van der Waals surface area contributed by atoms with Gasteiger partial charge in [-0.2, -0.15) is 5.10 Å². The molecule has 2 aromatic heterocycles. The molecule has 0 bridgehead atoms. The van der Waals surface area contributed by atoms with E-state index in [1.807, 2.05) is 30.5 Å². The molecule has 8 heteroatoms. The normalized spacial score (nSPS) is 11.6. The van der Waals surface area contributed by atoms with Crippen molar-refractivity contribution in [3.8, 4) is 5.69 Å². The Morgan fingerprint density at radius 3 is 2.55 bits per heavy atom. The zero-order chi connectivity index (χ0) is 20.7. The van der Waals surface area contributed by atoms with Crippen LogP contribution in [0.3, 0.4) is 0 Å².